The van der Waals surface area contributed by atoms with E-state index in [1.807, 2.05) is 0 Å². The molecule has 1 N–H and O–H groups in total. The SMILES string of the molecule is BrC(c1nnn[nH]1)C1CC1. The van der Waals surface area contributed by atoms with Gasteiger partial charge in [0, 0.05) is 0 Å². The maximum atomic E-state index is 3.81. The Hall–Kier alpha value is -0.450. The molecule has 0 amide bonds. The number of tetrazole rings is 1. The number of aromatic nitrogens is 4. The van der Waals surface area contributed by atoms with Gasteiger partial charge in [-0.1, -0.05) is 15.9 Å². The van der Waals surface area contributed by atoms with Crippen LogP contribution in [0.5, 0.6) is 0 Å². The van der Waals surface area contributed by atoms with E-state index in [1.54, 1.807) is 0 Å². The normalized spacial score (nSPS) is 20.9. The van der Waals surface area contributed by atoms with Gasteiger partial charge in [-0.05, 0) is 29.2 Å². The second-order valence-electron chi connectivity index (χ2n) is 2.53. The van der Waals surface area contributed by atoms with E-state index in [9.17, 15) is 0 Å². The van der Waals surface area contributed by atoms with Crippen LogP contribution in [0, 0.1) is 5.92 Å². The van der Waals surface area contributed by atoms with E-state index in [2.05, 4.69) is 36.6 Å². The number of hydrogen-bond acceptors (Lipinski definition) is 3. The standard InChI is InChI=1S/C5H7BrN4/c6-4(3-1-2-3)5-7-9-10-8-5/h3-4H,1-2H2,(H,7,8,9,10). The maximum Gasteiger partial charge on any atom is 0.162 e. The summed E-state index contributed by atoms with van der Waals surface area (Å²) in [6.45, 7) is 0. The summed E-state index contributed by atoms with van der Waals surface area (Å²) in [6, 6.07) is 0. The van der Waals surface area contributed by atoms with Crippen molar-refractivity contribution in [2.24, 2.45) is 5.92 Å². The molecule has 2 rings (SSSR count). The fraction of sp³-hybridized carbons (Fsp3) is 0.800. The summed E-state index contributed by atoms with van der Waals surface area (Å²) in [4.78, 5) is 0.336. The van der Waals surface area contributed by atoms with E-state index < -0.39 is 0 Å². The molecule has 0 aliphatic heterocycles. The van der Waals surface area contributed by atoms with Crippen molar-refractivity contribution in [1.82, 2.24) is 20.6 Å². The molecule has 1 aliphatic carbocycles. The van der Waals surface area contributed by atoms with Crippen molar-refractivity contribution >= 4 is 15.9 Å². The molecule has 10 heavy (non-hydrogen) atoms. The molecule has 54 valence electrons. The molecule has 1 aliphatic rings. The molecular weight excluding hydrogens is 196 g/mol. The number of aromatic amines is 1. The molecule has 1 atom stereocenters. The Balaban J connectivity index is 2.11. The van der Waals surface area contributed by atoms with Crippen LogP contribution in [0.2, 0.25) is 0 Å². The zero-order chi connectivity index (χ0) is 6.97. The highest BCUT2D eigenvalue weighted by atomic mass is 79.9. The predicted molar refractivity (Wildman–Crippen MR) is 38.6 cm³/mol. The van der Waals surface area contributed by atoms with E-state index in [1.165, 1.54) is 12.8 Å². The average molecular weight is 203 g/mol. The molecule has 5 heteroatoms. The Morgan fingerprint density at radius 3 is 2.90 bits per heavy atom. The van der Waals surface area contributed by atoms with Crippen LogP contribution in [0.3, 0.4) is 0 Å². The van der Waals surface area contributed by atoms with Crippen molar-refractivity contribution in [3.8, 4) is 0 Å². The summed E-state index contributed by atoms with van der Waals surface area (Å²) in [5.41, 5.74) is 0. The first-order chi connectivity index (χ1) is 4.88. The zero-order valence-corrected chi connectivity index (χ0v) is 6.87. The van der Waals surface area contributed by atoms with Crippen molar-refractivity contribution in [2.75, 3.05) is 0 Å². The number of nitrogens with zero attached hydrogens (tertiary/aromatic N) is 3. The smallest absolute Gasteiger partial charge is 0.162 e. The minimum atomic E-state index is 0.336. The van der Waals surface area contributed by atoms with E-state index in [-0.39, 0.29) is 0 Å². The molecule has 1 unspecified atom stereocenters. The Labute approximate surface area is 66.5 Å². The monoisotopic (exact) mass is 202 g/mol. The third-order valence-electron chi connectivity index (χ3n) is 1.66. The van der Waals surface area contributed by atoms with Crippen LogP contribution in [0.4, 0.5) is 0 Å². The van der Waals surface area contributed by atoms with Crippen LogP contribution < -0.4 is 0 Å². The molecule has 1 aromatic heterocycles. The predicted octanol–water partition coefficient (Wildman–Crippen LogP) is 1.05. The van der Waals surface area contributed by atoms with Gasteiger partial charge in [0.1, 0.15) is 0 Å². The Morgan fingerprint density at radius 1 is 1.60 bits per heavy atom. The van der Waals surface area contributed by atoms with Crippen LogP contribution in [0.15, 0.2) is 0 Å². The van der Waals surface area contributed by atoms with Gasteiger partial charge < -0.3 is 0 Å². The largest absolute Gasteiger partial charge is 0.242 e. The molecular formula is C5H7BrN4. The number of H-pyrrole nitrogens is 1. The van der Waals surface area contributed by atoms with Gasteiger partial charge >= 0.3 is 0 Å². The van der Waals surface area contributed by atoms with E-state index in [4.69, 9.17) is 0 Å². The number of halogens is 1. The number of nitrogens with one attached hydrogen (secondary N) is 1. The Kier molecular flexibility index (Phi) is 1.44. The number of alkyl halides is 1. The van der Waals surface area contributed by atoms with Gasteiger partial charge in [0.25, 0.3) is 0 Å². The Morgan fingerprint density at radius 2 is 2.40 bits per heavy atom. The first-order valence-corrected chi connectivity index (χ1v) is 4.17. The quantitative estimate of drug-likeness (QED) is 0.730. The van der Waals surface area contributed by atoms with Crippen molar-refractivity contribution in [3.05, 3.63) is 5.82 Å². The average Bonchev–Trinajstić information content (AvgIpc) is 2.65. The summed E-state index contributed by atoms with van der Waals surface area (Å²) >= 11 is 3.52. The highest BCUT2D eigenvalue weighted by molar-refractivity contribution is 9.09. The van der Waals surface area contributed by atoms with Crippen LogP contribution in [-0.2, 0) is 0 Å². The summed E-state index contributed by atoms with van der Waals surface area (Å²) < 4.78 is 0. The third-order valence-corrected chi connectivity index (χ3v) is 2.84. The van der Waals surface area contributed by atoms with Crippen molar-refractivity contribution in [3.63, 3.8) is 0 Å². The van der Waals surface area contributed by atoms with Gasteiger partial charge in [-0.2, -0.15) is 0 Å². The molecule has 0 bridgehead atoms. The second kappa shape index (κ2) is 2.30. The molecule has 0 aromatic carbocycles. The van der Waals surface area contributed by atoms with Crippen LogP contribution in [-0.4, -0.2) is 20.6 Å². The van der Waals surface area contributed by atoms with Crippen molar-refractivity contribution in [2.45, 2.75) is 17.7 Å². The van der Waals surface area contributed by atoms with Crippen molar-refractivity contribution < 1.29 is 0 Å². The topological polar surface area (TPSA) is 54.5 Å². The van der Waals surface area contributed by atoms with Gasteiger partial charge in [-0.3, -0.25) is 0 Å². The van der Waals surface area contributed by atoms with Gasteiger partial charge in [-0.25, -0.2) is 5.10 Å². The third kappa shape index (κ3) is 1.05. The zero-order valence-electron chi connectivity index (χ0n) is 5.29. The molecule has 4 nitrogen and oxygen atoms in total. The number of hydrogen-bond donors (Lipinski definition) is 1. The summed E-state index contributed by atoms with van der Waals surface area (Å²) in [6.07, 6.45) is 2.58. The maximum absolute atomic E-state index is 3.81. The van der Waals surface area contributed by atoms with Gasteiger partial charge in [0.15, 0.2) is 5.82 Å². The lowest BCUT2D eigenvalue weighted by Gasteiger charge is -1.99. The molecule has 0 saturated heterocycles. The van der Waals surface area contributed by atoms with Gasteiger partial charge in [0.2, 0.25) is 0 Å². The molecule has 1 aromatic rings. The molecule has 1 fully saturated rings. The minimum Gasteiger partial charge on any atom is -0.242 e. The molecule has 1 heterocycles. The first kappa shape index (κ1) is 6.27. The van der Waals surface area contributed by atoms with Crippen molar-refractivity contribution in [1.29, 1.82) is 0 Å². The van der Waals surface area contributed by atoms with E-state index in [0.29, 0.717) is 4.83 Å². The molecule has 1 saturated carbocycles. The van der Waals surface area contributed by atoms with Crippen LogP contribution in [0.25, 0.3) is 0 Å². The van der Waals surface area contributed by atoms with Crippen LogP contribution >= 0.6 is 15.9 Å². The Bertz CT molecular complexity index is 205. The lowest BCUT2D eigenvalue weighted by molar-refractivity contribution is 0.764. The van der Waals surface area contributed by atoms with Gasteiger partial charge in [-0.15, -0.1) is 5.10 Å². The summed E-state index contributed by atoms with van der Waals surface area (Å²) in [5.74, 6) is 1.59. The van der Waals surface area contributed by atoms with E-state index >= 15 is 0 Å². The first-order valence-electron chi connectivity index (χ1n) is 3.25. The minimum absolute atomic E-state index is 0.336. The highest BCUT2D eigenvalue weighted by Crippen LogP contribution is 2.44. The molecule has 0 radical (unpaired) electrons. The fourth-order valence-corrected chi connectivity index (χ4v) is 1.62. The lowest BCUT2D eigenvalue weighted by Crippen LogP contribution is -1.94. The van der Waals surface area contributed by atoms with E-state index in [0.717, 1.165) is 11.7 Å². The van der Waals surface area contributed by atoms with Gasteiger partial charge in [0.05, 0.1) is 4.83 Å². The fourth-order valence-electron chi connectivity index (χ4n) is 0.895. The highest BCUT2D eigenvalue weighted by Gasteiger charge is 2.32. The summed E-state index contributed by atoms with van der Waals surface area (Å²) in [7, 11) is 0. The summed E-state index contributed by atoms with van der Waals surface area (Å²) in [5, 5.41) is 13.6. The number of rotatable bonds is 2. The lowest BCUT2D eigenvalue weighted by atomic mass is 10.3. The second-order valence-corrected chi connectivity index (χ2v) is 3.51. The molecule has 0 spiro atoms. The van der Waals surface area contributed by atoms with Crippen LogP contribution in [0.1, 0.15) is 23.5 Å².